The van der Waals surface area contributed by atoms with E-state index >= 15 is 0 Å². The summed E-state index contributed by atoms with van der Waals surface area (Å²) in [7, 11) is 0. The molecule has 1 saturated heterocycles. The lowest BCUT2D eigenvalue weighted by Gasteiger charge is -2.33. The third-order valence-corrected chi connectivity index (χ3v) is 4.64. The monoisotopic (exact) mass is 335 g/mol. The second-order valence-corrected chi connectivity index (χ2v) is 6.67. The Morgan fingerprint density at radius 3 is 2.75 bits per heavy atom. The van der Waals surface area contributed by atoms with Crippen molar-refractivity contribution in [3.8, 4) is 0 Å². The van der Waals surface area contributed by atoms with Gasteiger partial charge in [-0.1, -0.05) is 0 Å². The predicted molar refractivity (Wildman–Crippen MR) is 92.8 cm³/mol. The summed E-state index contributed by atoms with van der Waals surface area (Å²) in [6.07, 6.45) is 3.68. The molecule has 2 heterocycles. The van der Waals surface area contributed by atoms with Gasteiger partial charge in [0.15, 0.2) is 0 Å². The van der Waals surface area contributed by atoms with Crippen LogP contribution in [0.1, 0.15) is 62.7 Å². The molecule has 24 heavy (non-hydrogen) atoms. The van der Waals surface area contributed by atoms with Crippen LogP contribution in [0.5, 0.6) is 0 Å². The maximum absolute atomic E-state index is 12.2. The fraction of sp³-hybridized carbons (Fsp3) is 0.667. The van der Waals surface area contributed by atoms with Crippen LogP contribution in [0.25, 0.3) is 0 Å². The summed E-state index contributed by atoms with van der Waals surface area (Å²) in [6.45, 7) is 8.96. The van der Waals surface area contributed by atoms with Crippen molar-refractivity contribution >= 4 is 11.9 Å². The average Bonchev–Trinajstić information content (AvgIpc) is 2.86. The Balaban J connectivity index is 1.73. The predicted octanol–water partition coefficient (Wildman–Crippen LogP) is 3.05. The lowest BCUT2D eigenvalue weighted by molar-refractivity contribution is -0.134. The summed E-state index contributed by atoms with van der Waals surface area (Å²) in [5.41, 5.74) is 0.973. The molecule has 3 amide bonds. The number of likely N-dealkylation sites (tertiary alicyclic amines) is 1. The first kappa shape index (κ1) is 18.4. The highest BCUT2D eigenvalue weighted by Gasteiger charge is 2.22. The van der Waals surface area contributed by atoms with Gasteiger partial charge in [0, 0.05) is 31.1 Å². The van der Waals surface area contributed by atoms with Gasteiger partial charge < -0.3 is 20.0 Å². The summed E-state index contributed by atoms with van der Waals surface area (Å²) in [5, 5.41) is 5.64. The number of amides is 3. The molecule has 2 N–H and O–H groups in total. The van der Waals surface area contributed by atoms with E-state index in [9.17, 15) is 9.59 Å². The number of hydrogen-bond acceptors (Lipinski definition) is 3. The van der Waals surface area contributed by atoms with E-state index in [4.69, 9.17) is 4.42 Å². The molecule has 0 saturated carbocycles. The maximum atomic E-state index is 12.2. The van der Waals surface area contributed by atoms with Crippen molar-refractivity contribution in [1.29, 1.82) is 0 Å². The Morgan fingerprint density at radius 1 is 1.38 bits per heavy atom. The molecular weight excluding hydrogens is 306 g/mol. The average molecular weight is 335 g/mol. The van der Waals surface area contributed by atoms with E-state index < -0.39 is 0 Å². The summed E-state index contributed by atoms with van der Waals surface area (Å²) in [4.78, 5) is 26.1. The van der Waals surface area contributed by atoms with Gasteiger partial charge in [-0.3, -0.25) is 4.79 Å². The molecule has 0 aromatic carbocycles. The first-order valence-electron chi connectivity index (χ1n) is 8.79. The Bertz CT molecular complexity index is 582. The van der Waals surface area contributed by atoms with Crippen molar-refractivity contribution in [3.63, 3.8) is 0 Å². The fourth-order valence-corrected chi connectivity index (χ4v) is 3.30. The van der Waals surface area contributed by atoms with E-state index in [1.165, 1.54) is 6.42 Å². The lowest BCUT2D eigenvalue weighted by Crippen LogP contribution is -2.44. The minimum absolute atomic E-state index is 0.122. The first-order valence-corrected chi connectivity index (χ1v) is 8.79. The zero-order valence-electron chi connectivity index (χ0n) is 15.1. The van der Waals surface area contributed by atoms with Crippen LogP contribution >= 0.6 is 0 Å². The minimum Gasteiger partial charge on any atom is -0.466 e. The van der Waals surface area contributed by atoms with Crippen molar-refractivity contribution in [2.24, 2.45) is 0 Å². The lowest BCUT2D eigenvalue weighted by atomic mass is 10.0. The molecule has 134 valence electrons. The third-order valence-electron chi connectivity index (χ3n) is 4.64. The molecule has 6 nitrogen and oxygen atoms in total. The number of hydrogen-bond donors (Lipinski definition) is 2. The van der Waals surface area contributed by atoms with Gasteiger partial charge in [0.2, 0.25) is 5.91 Å². The number of urea groups is 1. The summed E-state index contributed by atoms with van der Waals surface area (Å²) >= 11 is 0. The fourth-order valence-electron chi connectivity index (χ4n) is 3.30. The van der Waals surface area contributed by atoms with Crippen LogP contribution in [0.4, 0.5) is 4.79 Å². The highest BCUT2D eigenvalue weighted by atomic mass is 16.3. The third kappa shape index (κ3) is 4.76. The SMILES string of the molecule is Cc1cc([C@H](C)NC(=O)NCCC(=O)N2CCCC[C@@H]2C)c(C)o1. The second kappa shape index (κ2) is 8.22. The van der Waals surface area contributed by atoms with Crippen LogP contribution in [-0.2, 0) is 4.79 Å². The first-order chi connectivity index (χ1) is 11.4. The van der Waals surface area contributed by atoms with Crippen molar-refractivity contribution in [2.75, 3.05) is 13.1 Å². The van der Waals surface area contributed by atoms with Gasteiger partial charge in [0.1, 0.15) is 11.5 Å². The number of nitrogens with one attached hydrogen (secondary N) is 2. The number of carbonyl (C=O) groups excluding carboxylic acids is 2. The van der Waals surface area contributed by atoms with Gasteiger partial charge >= 0.3 is 6.03 Å². The summed E-state index contributed by atoms with van der Waals surface area (Å²) < 4.78 is 5.49. The van der Waals surface area contributed by atoms with Crippen molar-refractivity contribution in [1.82, 2.24) is 15.5 Å². The maximum Gasteiger partial charge on any atom is 0.315 e. The van der Waals surface area contributed by atoms with Gasteiger partial charge in [-0.05, 0) is 53.0 Å². The standard InChI is InChI=1S/C18H29N3O3/c1-12-7-5-6-10-21(12)17(22)8-9-19-18(23)20-14(3)16-11-13(2)24-15(16)4/h11-12,14H,5-10H2,1-4H3,(H2,19,20,23)/t12-,14-/m0/s1. The minimum atomic E-state index is -0.264. The van der Waals surface area contributed by atoms with Crippen LogP contribution in [0.3, 0.4) is 0 Å². The van der Waals surface area contributed by atoms with E-state index in [2.05, 4.69) is 17.6 Å². The van der Waals surface area contributed by atoms with Crippen LogP contribution in [0.2, 0.25) is 0 Å². The largest absolute Gasteiger partial charge is 0.466 e. The van der Waals surface area contributed by atoms with Gasteiger partial charge in [0.25, 0.3) is 0 Å². The number of furan rings is 1. The van der Waals surface area contributed by atoms with E-state index in [0.29, 0.717) is 19.0 Å². The highest BCUT2D eigenvalue weighted by Crippen LogP contribution is 2.21. The molecule has 0 spiro atoms. The van der Waals surface area contributed by atoms with Gasteiger partial charge in [-0.2, -0.15) is 0 Å². The van der Waals surface area contributed by atoms with E-state index in [1.54, 1.807) is 0 Å². The number of rotatable bonds is 5. The van der Waals surface area contributed by atoms with Crippen LogP contribution < -0.4 is 10.6 Å². The smallest absolute Gasteiger partial charge is 0.315 e. The van der Waals surface area contributed by atoms with Gasteiger partial charge in [0.05, 0.1) is 6.04 Å². The highest BCUT2D eigenvalue weighted by molar-refractivity contribution is 5.78. The molecule has 1 fully saturated rings. The Kier molecular flexibility index (Phi) is 6.29. The Hall–Kier alpha value is -1.98. The Labute approximate surface area is 144 Å². The molecular formula is C18H29N3O3. The van der Waals surface area contributed by atoms with Crippen LogP contribution in [-0.4, -0.2) is 36.0 Å². The molecule has 1 aromatic heterocycles. The molecule has 0 bridgehead atoms. The molecule has 1 aromatic rings. The topological polar surface area (TPSA) is 74.6 Å². The molecule has 0 aliphatic carbocycles. The van der Waals surface area contributed by atoms with Crippen LogP contribution in [0.15, 0.2) is 10.5 Å². The van der Waals surface area contributed by atoms with E-state index in [-0.39, 0.29) is 18.0 Å². The van der Waals surface area contributed by atoms with Gasteiger partial charge in [-0.15, -0.1) is 0 Å². The molecule has 0 radical (unpaired) electrons. The van der Waals surface area contributed by atoms with Crippen molar-refractivity contribution in [2.45, 2.75) is 65.5 Å². The zero-order chi connectivity index (χ0) is 17.7. The second-order valence-electron chi connectivity index (χ2n) is 6.67. The Morgan fingerprint density at radius 2 is 2.12 bits per heavy atom. The molecule has 2 atom stereocenters. The quantitative estimate of drug-likeness (QED) is 0.868. The molecule has 0 unspecified atom stereocenters. The number of carbonyl (C=O) groups is 2. The summed E-state index contributed by atoms with van der Waals surface area (Å²) in [5.74, 6) is 1.77. The molecule has 2 rings (SSSR count). The molecule has 1 aliphatic heterocycles. The van der Waals surface area contributed by atoms with Gasteiger partial charge in [-0.25, -0.2) is 4.79 Å². The van der Waals surface area contributed by atoms with E-state index in [0.717, 1.165) is 36.5 Å². The zero-order valence-corrected chi connectivity index (χ0v) is 15.1. The summed E-state index contributed by atoms with van der Waals surface area (Å²) in [6, 6.07) is 1.84. The number of piperidine rings is 1. The van der Waals surface area contributed by atoms with Crippen molar-refractivity contribution < 1.29 is 14.0 Å². The normalized spacial score (nSPS) is 19.0. The number of aryl methyl sites for hydroxylation is 2. The number of nitrogens with zero attached hydrogens (tertiary/aromatic N) is 1. The molecule has 1 aliphatic rings. The van der Waals surface area contributed by atoms with Crippen LogP contribution in [0, 0.1) is 13.8 Å². The molecule has 6 heteroatoms. The van der Waals surface area contributed by atoms with Crippen molar-refractivity contribution in [3.05, 3.63) is 23.2 Å². The van der Waals surface area contributed by atoms with E-state index in [1.807, 2.05) is 31.7 Å².